The molecule has 1 saturated heterocycles. The van der Waals surface area contributed by atoms with Crippen LogP contribution in [-0.4, -0.2) is 47.5 Å². The smallest absolute Gasteiger partial charge is 0.351 e. The van der Waals surface area contributed by atoms with E-state index in [4.69, 9.17) is 9.47 Å². The summed E-state index contributed by atoms with van der Waals surface area (Å²) >= 11 is 1.66. The molecule has 1 fully saturated rings. The van der Waals surface area contributed by atoms with Gasteiger partial charge in [-0.15, -0.1) is 11.8 Å². The molecule has 0 bridgehead atoms. The number of thioether (sulfide) groups is 1. The van der Waals surface area contributed by atoms with Crippen molar-refractivity contribution < 1.29 is 9.47 Å². The van der Waals surface area contributed by atoms with Gasteiger partial charge in [0.1, 0.15) is 17.5 Å². The lowest BCUT2D eigenvalue weighted by molar-refractivity contribution is -0.0152. The molecule has 0 saturated carbocycles. The number of hydrogen-bond donors (Lipinski definition) is 0. The van der Waals surface area contributed by atoms with E-state index in [1.165, 1.54) is 0 Å². The van der Waals surface area contributed by atoms with Crippen molar-refractivity contribution in [3.05, 3.63) is 22.7 Å². The van der Waals surface area contributed by atoms with Crippen LogP contribution in [0.3, 0.4) is 0 Å². The molecule has 2 heterocycles. The average molecular weight is 327 g/mol. The van der Waals surface area contributed by atoms with E-state index in [2.05, 4.69) is 23.7 Å². The van der Waals surface area contributed by atoms with Gasteiger partial charge in [-0.3, -0.25) is 4.57 Å². The number of aromatic nitrogens is 2. The van der Waals surface area contributed by atoms with E-state index in [0.29, 0.717) is 6.61 Å². The first-order valence-corrected chi connectivity index (χ1v) is 8.84. The van der Waals surface area contributed by atoms with Gasteiger partial charge in [-0.2, -0.15) is 4.98 Å². The van der Waals surface area contributed by atoms with Gasteiger partial charge in [0.25, 0.3) is 0 Å². The van der Waals surface area contributed by atoms with Crippen molar-refractivity contribution in [3.63, 3.8) is 0 Å². The number of anilines is 1. The fourth-order valence-electron chi connectivity index (χ4n) is 2.40. The first-order valence-electron chi connectivity index (χ1n) is 7.79. The highest BCUT2D eigenvalue weighted by atomic mass is 32.2. The molecule has 6 nitrogen and oxygen atoms in total. The predicted molar refractivity (Wildman–Crippen MR) is 89.5 cm³/mol. The monoisotopic (exact) mass is 327 g/mol. The quantitative estimate of drug-likeness (QED) is 0.729. The zero-order chi connectivity index (χ0) is 15.9. The second kappa shape index (κ2) is 8.55. The summed E-state index contributed by atoms with van der Waals surface area (Å²) in [6.45, 7) is 6.54. The van der Waals surface area contributed by atoms with Crippen LogP contribution in [0, 0.1) is 0 Å². The van der Waals surface area contributed by atoms with Crippen molar-refractivity contribution in [1.29, 1.82) is 0 Å². The van der Waals surface area contributed by atoms with Crippen molar-refractivity contribution >= 4 is 17.6 Å². The average Bonchev–Trinajstić information content (AvgIpc) is 2.97. The van der Waals surface area contributed by atoms with Crippen molar-refractivity contribution in [2.24, 2.45) is 0 Å². The van der Waals surface area contributed by atoms with E-state index in [1.54, 1.807) is 29.6 Å². The van der Waals surface area contributed by atoms with Crippen LogP contribution in [0.4, 0.5) is 5.82 Å². The van der Waals surface area contributed by atoms with E-state index in [9.17, 15) is 4.79 Å². The van der Waals surface area contributed by atoms with Crippen LogP contribution >= 0.6 is 11.8 Å². The molecule has 0 aliphatic carbocycles. The summed E-state index contributed by atoms with van der Waals surface area (Å²) in [5, 5.41) is 0. The molecule has 2 atom stereocenters. The van der Waals surface area contributed by atoms with Crippen molar-refractivity contribution in [3.8, 4) is 0 Å². The molecule has 1 unspecified atom stereocenters. The summed E-state index contributed by atoms with van der Waals surface area (Å²) in [4.78, 5) is 18.6. The van der Waals surface area contributed by atoms with E-state index in [1.807, 2.05) is 6.07 Å². The molecule has 0 radical (unpaired) electrons. The molecule has 2 rings (SSSR count). The molecule has 1 aromatic heterocycles. The van der Waals surface area contributed by atoms with Gasteiger partial charge in [0.2, 0.25) is 0 Å². The van der Waals surface area contributed by atoms with Gasteiger partial charge in [0, 0.05) is 32.1 Å². The third kappa shape index (κ3) is 4.24. The number of nitrogens with zero attached hydrogens (tertiary/aromatic N) is 3. The Labute approximate surface area is 135 Å². The summed E-state index contributed by atoms with van der Waals surface area (Å²) in [6.07, 6.45) is 3.76. The van der Waals surface area contributed by atoms with E-state index < -0.39 is 0 Å². The summed E-state index contributed by atoms with van der Waals surface area (Å²) in [5.41, 5.74) is -0.269. The maximum absolute atomic E-state index is 12.3. The van der Waals surface area contributed by atoms with Crippen LogP contribution in [-0.2, 0) is 9.47 Å². The van der Waals surface area contributed by atoms with Gasteiger partial charge < -0.3 is 14.4 Å². The van der Waals surface area contributed by atoms with Crippen molar-refractivity contribution in [2.45, 2.75) is 38.4 Å². The third-order valence-electron chi connectivity index (χ3n) is 3.65. The van der Waals surface area contributed by atoms with Gasteiger partial charge >= 0.3 is 5.69 Å². The largest absolute Gasteiger partial charge is 0.381 e. The normalized spacial score (nSPS) is 21.2. The summed E-state index contributed by atoms with van der Waals surface area (Å²) in [7, 11) is 1.65. The molecule has 1 aliphatic heterocycles. The lowest BCUT2D eigenvalue weighted by Gasteiger charge is -2.22. The van der Waals surface area contributed by atoms with E-state index in [-0.39, 0.29) is 17.4 Å². The van der Waals surface area contributed by atoms with Crippen molar-refractivity contribution in [1.82, 2.24) is 9.55 Å². The van der Waals surface area contributed by atoms with Gasteiger partial charge in [0.05, 0.1) is 6.61 Å². The Hall–Kier alpha value is -1.05. The van der Waals surface area contributed by atoms with Crippen LogP contribution < -0.4 is 10.6 Å². The number of ether oxygens (including phenoxy) is 2. The molecule has 0 spiro atoms. The molecular formula is C15H25N3O3S. The summed E-state index contributed by atoms with van der Waals surface area (Å²) in [6, 6.07) is 1.90. The zero-order valence-corrected chi connectivity index (χ0v) is 14.3. The lowest BCUT2D eigenvalue weighted by Crippen LogP contribution is -2.32. The van der Waals surface area contributed by atoms with Gasteiger partial charge in [-0.1, -0.05) is 13.3 Å². The molecule has 1 aliphatic rings. The minimum absolute atomic E-state index is 0.0155. The predicted octanol–water partition coefficient (Wildman–Crippen LogP) is 2.10. The fraction of sp³-hybridized carbons (Fsp3) is 0.733. The molecular weight excluding hydrogens is 302 g/mol. The number of rotatable bonds is 8. The first kappa shape index (κ1) is 17.3. The van der Waals surface area contributed by atoms with Crippen LogP contribution in [0.15, 0.2) is 17.1 Å². The van der Waals surface area contributed by atoms with Gasteiger partial charge in [-0.25, -0.2) is 4.79 Å². The van der Waals surface area contributed by atoms with Crippen molar-refractivity contribution in [2.75, 3.05) is 37.5 Å². The SMILES string of the molecule is CCCCN(CC)c1ccn([C@@H]2CSC(COC)O2)c(=O)n1. The first-order chi connectivity index (χ1) is 10.7. The maximum atomic E-state index is 12.3. The number of methoxy groups -OCH3 is 1. The standard InChI is InChI=1S/C15H25N3O3S/c1-4-6-8-17(5-2)12-7-9-18(15(19)16-12)13-11-22-14(21-13)10-20-3/h7,9,13-14H,4-6,8,10-11H2,1-3H3/t13-,14?/m0/s1. The zero-order valence-electron chi connectivity index (χ0n) is 13.5. The Kier molecular flexibility index (Phi) is 6.72. The van der Waals surface area contributed by atoms with Crippen LogP contribution in [0.25, 0.3) is 0 Å². The Morgan fingerprint density at radius 1 is 1.55 bits per heavy atom. The maximum Gasteiger partial charge on any atom is 0.351 e. The van der Waals surface area contributed by atoms with E-state index >= 15 is 0 Å². The second-order valence-electron chi connectivity index (χ2n) is 5.22. The fourth-order valence-corrected chi connectivity index (χ4v) is 3.45. The van der Waals surface area contributed by atoms with Gasteiger partial charge in [0.15, 0.2) is 0 Å². The minimum Gasteiger partial charge on any atom is -0.381 e. The van der Waals surface area contributed by atoms with Crippen LogP contribution in [0.2, 0.25) is 0 Å². The topological polar surface area (TPSA) is 56.6 Å². The molecule has 1 aromatic rings. The third-order valence-corrected chi connectivity index (χ3v) is 4.75. The van der Waals surface area contributed by atoms with Crippen LogP contribution in [0.5, 0.6) is 0 Å². The minimum atomic E-state index is -0.259. The molecule has 0 amide bonds. The molecule has 0 N–H and O–H groups in total. The Morgan fingerprint density at radius 3 is 3.00 bits per heavy atom. The summed E-state index contributed by atoms with van der Waals surface area (Å²) < 4.78 is 12.5. The van der Waals surface area contributed by atoms with E-state index in [0.717, 1.165) is 37.5 Å². The molecule has 22 heavy (non-hydrogen) atoms. The molecule has 124 valence electrons. The Balaban J connectivity index is 2.08. The molecule has 0 aromatic carbocycles. The van der Waals surface area contributed by atoms with Gasteiger partial charge in [-0.05, 0) is 19.4 Å². The highest BCUT2D eigenvalue weighted by molar-refractivity contribution is 8.00. The number of unbranched alkanes of at least 4 members (excludes halogenated alkanes) is 1. The lowest BCUT2D eigenvalue weighted by atomic mass is 10.3. The summed E-state index contributed by atoms with van der Waals surface area (Å²) in [5.74, 6) is 1.48. The highest BCUT2D eigenvalue weighted by Crippen LogP contribution is 2.31. The highest BCUT2D eigenvalue weighted by Gasteiger charge is 2.28. The van der Waals surface area contributed by atoms with Crippen LogP contribution in [0.1, 0.15) is 32.9 Å². The number of hydrogen-bond acceptors (Lipinski definition) is 6. The molecule has 7 heteroatoms. The second-order valence-corrected chi connectivity index (χ2v) is 6.41. The Bertz CT molecular complexity index is 523. The Morgan fingerprint density at radius 2 is 2.36 bits per heavy atom.